The first-order valence-electron chi connectivity index (χ1n) is 8.76. The van der Waals surface area contributed by atoms with Crippen LogP contribution < -0.4 is 5.32 Å². The number of hydrogen-bond acceptors (Lipinski definition) is 8. The molecule has 3 aromatic rings. The zero-order chi connectivity index (χ0) is 18.8. The highest BCUT2D eigenvalue weighted by atomic mass is 32.1. The van der Waals surface area contributed by atoms with E-state index in [4.69, 9.17) is 4.74 Å². The minimum Gasteiger partial charge on any atom is -0.379 e. The van der Waals surface area contributed by atoms with Crippen LogP contribution in [0.1, 0.15) is 11.9 Å². The summed E-state index contributed by atoms with van der Waals surface area (Å²) >= 11 is 1.52. The Balaban J connectivity index is 1.51. The minimum absolute atomic E-state index is 0.0838. The smallest absolute Gasteiger partial charge is 0.239 e. The third-order valence-electron chi connectivity index (χ3n) is 4.46. The number of ether oxygens (including phenoxy) is 1. The maximum Gasteiger partial charge on any atom is 0.239 e. The predicted octanol–water partition coefficient (Wildman–Crippen LogP) is 2.12. The SMILES string of the molecule is Cc1nnc(-c2cnc3cnc(NC(=O)CN4CCOC[C@H]4C)cc3c2)s1. The Labute approximate surface area is 160 Å². The van der Waals surface area contributed by atoms with Crippen molar-refractivity contribution in [3.05, 3.63) is 29.5 Å². The van der Waals surface area contributed by atoms with E-state index in [2.05, 4.69) is 37.3 Å². The van der Waals surface area contributed by atoms with E-state index >= 15 is 0 Å². The van der Waals surface area contributed by atoms with Gasteiger partial charge in [-0.15, -0.1) is 10.2 Å². The third-order valence-corrected chi connectivity index (χ3v) is 5.35. The fourth-order valence-electron chi connectivity index (χ4n) is 2.99. The summed E-state index contributed by atoms with van der Waals surface area (Å²) in [6.45, 7) is 6.37. The Hall–Kier alpha value is -2.49. The monoisotopic (exact) mass is 384 g/mol. The van der Waals surface area contributed by atoms with E-state index in [1.165, 1.54) is 11.3 Å². The van der Waals surface area contributed by atoms with Gasteiger partial charge in [0.1, 0.15) is 15.8 Å². The molecule has 1 aliphatic rings. The van der Waals surface area contributed by atoms with E-state index in [0.29, 0.717) is 25.6 Å². The van der Waals surface area contributed by atoms with Gasteiger partial charge in [0.25, 0.3) is 0 Å². The molecule has 9 heteroatoms. The van der Waals surface area contributed by atoms with Gasteiger partial charge in [0.05, 0.1) is 31.5 Å². The van der Waals surface area contributed by atoms with E-state index in [9.17, 15) is 4.79 Å². The van der Waals surface area contributed by atoms with Crippen molar-refractivity contribution in [1.29, 1.82) is 0 Å². The van der Waals surface area contributed by atoms with Crippen LogP contribution >= 0.6 is 11.3 Å². The molecule has 0 aliphatic carbocycles. The van der Waals surface area contributed by atoms with Gasteiger partial charge in [0, 0.05) is 29.7 Å². The summed E-state index contributed by atoms with van der Waals surface area (Å²) in [6.07, 6.45) is 3.43. The van der Waals surface area contributed by atoms with Crippen molar-refractivity contribution >= 4 is 34.0 Å². The highest BCUT2D eigenvalue weighted by molar-refractivity contribution is 7.14. The second-order valence-corrected chi connectivity index (χ2v) is 7.74. The van der Waals surface area contributed by atoms with Gasteiger partial charge in [-0.05, 0) is 26.0 Å². The number of carbonyl (C=O) groups excluding carboxylic acids is 1. The van der Waals surface area contributed by atoms with Crippen molar-refractivity contribution in [3.8, 4) is 10.6 Å². The summed E-state index contributed by atoms with van der Waals surface area (Å²) in [6, 6.07) is 4.06. The largest absolute Gasteiger partial charge is 0.379 e. The Morgan fingerprint density at radius 3 is 3.00 bits per heavy atom. The number of amides is 1. The summed E-state index contributed by atoms with van der Waals surface area (Å²) < 4.78 is 5.41. The second-order valence-electron chi connectivity index (χ2n) is 6.56. The molecule has 3 aromatic heterocycles. The predicted molar refractivity (Wildman–Crippen MR) is 104 cm³/mol. The molecular formula is C18H20N6O2S. The van der Waals surface area contributed by atoms with Crippen molar-refractivity contribution in [1.82, 2.24) is 25.1 Å². The fourth-order valence-corrected chi connectivity index (χ4v) is 3.67. The maximum absolute atomic E-state index is 12.4. The molecule has 1 N–H and O–H groups in total. The van der Waals surface area contributed by atoms with Gasteiger partial charge in [0.15, 0.2) is 0 Å². The summed E-state index contributed by atoms with van der Waals surface area (Å²) in [5.41, 5.74) is 1.67. The number of pyridine rings is 2. The lowest BCUT2D eigenvalue weighted by molar-refractivity contribution is -0.119. The van der Waals surface area contributed by atoms with Crippen molar-refractivity contribution in [2.75, 3.05) is 31.6 Å². The van der Waals surface area contributed by atoms with E-state index in [1.807, 2.05) is 19.1 Å². The first-order valence-corrected chi connectivity index (χ1v) is 9.58. The number of rotatable bonds is 4. The van der Waals surface area contributed by atoms with Gasteiger partial charge in [-0.25, -0.2) is 4.98 Å². The van der Waals surface area contributed by atoms with Gasteiger partial charge < -0.3 is 10.1 Å². The van der Waals surface area contributed by atoms with Gasteiger partial charge >= 0.3 is 0 Å². The van der Waals surface area contributed by atoms with Gasteiger partial charge in [-0.3, -0.25) is 14.7 Å². The van der Waals surface area contributed by atoms with Crippen LogP contribution in [0.2, 0.25) is 0 Å². The number of anilines is 1. The third kappa shape index (κ3) is 4.10. The van der Waals surface area contributed by atoms with Crippen LogP contribution in [0.5, 0.6) is 0 Å². The average Bonchev–Trinajstić information content (AvgIpc) is 3.09. The fraction of sp³-hybridized carbons (Fsp3) is 0.389. The number of morpholine rings is 1. The number of hydrogen-bond donors (Lipinski definition) is 1. The number of nitrogens with one attached hydrogen (secondary N) is 1. The van der Waals surface area contributed by atoms with Crippen molar-refractivity contribution in [2.24, 2.45) is 0 Å². The topological polar surface area (TPSA) is 93.1 Å². The van der Waals surface area contributed by atoms with Crippen LogP contribution in [0, 0.1) is 6.92 Å². The molecule has 1 saturated heterocycles. The molecule has 140 valence electrons. The molecule has 0 radical (unpaired) electrons. The van der Waals surface area contributed by atoms with E-state index < -0.39 is 0 Å². The molecule has 4 heterocycles. The molecule has 8 nitrogen and oxygen atoms in total. The number of fused-ring (bicyclic) bond motifs is 1. The summed E-state index contributed by atoms with van der Waals surface area (Å²) in [5.74, 6) is 0.431. The van der Waals surface area contributed by atoms with Gasteiger partial charge in [-0.2, -0.15) is 0 Å². The van der Waals surface area contributed by atoms with Crippen LogP contribution in [-0.2, 0) is 9.53 Å². The van der Waals surface area contributed by atoms with Crippen LogP contribution in [0.4, 0.5) is 5.82 Å². The number of aryl methyl sites for hydroxylation is 1. The average molecular weight is 384 g/mol. The second kappa shape index (κ2) is 7.63. The zero-order valence-corrected chi connectivity index (χ0v) is 16.0. The molecule has 4 rings (SSSR count). The molecule has 1 amide bonds. The van der Waals surface area contributed by atoms with Crippen LogP contribution in [0.3, 0.4) is 0 Å². The van der Waals surface area contributed by atoms with Crippen LogP contribution in [-0.4, -0.2) is 63.3 Å². The van der Waals surface area contributed by atoms with Crippen molar-refractivity contribution in [3.63, 3.8) is 0 Å². The number of aromatic nitrogens is 4. The maximum atomic E-state index is 12.4. The highest BCUT2D eigenvalue weighted by Crippen LogP contribution is 2.26. The van der Waals surface area contributed by atoms with Gasteiger partial charge in [-0.1, -0.05) is 11.3 Å². The summed E-state index contributed by atoms with van der Waals surface area (Å²) in [4.78, 5) is 23.2. The van der Waals surface area contributed by atoms with Gasteiger partial charge in [0.2, 0.25) is 5.91 Å². The van der Waals surface area contributed by atoms with E-state index in [1.54, 1.807) is 12.4 Å². The summed E-state index contributed by atoms with van der Waals surface area (Å²) in [5, 5.41) is 13.7. The molecule has 1 aliphatic heterocycles. The molecular weight excluding hydrogens is 364 g/mol. The minimum atomic E-state index is -0.0838. The zero-order valence-electron chi connectivity index (χ0n) is 15.2. The normalized spacial score (nSPS) is 17.9. The molecule has 0 spiro atoms. The summed E-state index contributed by atoms with van der Waals surface area (Å²) in [7, 11) is 0. The molecule has 1 atom stereocenters. The van der Waals surface area contributed by atoms with E-state index in [0.717, 1.165) is 33.0 Å². The molecule has 0 saturated carbocycles. The number of carbonyl (C=O) groups is 1. The lowest BCUT2D eigenvalue weighted by Gasteiger charge is -2.32. The van der Waals surface area contributed by atoms with Crippen molar-refractivity contribution < 1.29 is 9.53 Å². The lowest BCUT2D eigenvalue weighted by Crippen LogP contribution is -2.47. The quantitative estimate of drug-likeness (QED) is 0.736. The Bertz CT molecular complexity index is 975. The van der Waals surface area contributed by atoms with Crippen molar-refractivity contribution in [2.45, 2.75) is 19.9 Å². The molecule has 0 bridgehead atoms. The molecule has 0 unspecified atom stereocenters. The lowest BCUT2D eigenvalue weighted by atomic mass is 10.2. The first kappa shape index (κ1) is 17.9. The standard InChI is InChI=1S/C18H20N6O2S/c1-11-10-26-4-3-24(11)9-17(25)21-16-6-13-5-14(7-19-15(13)8-20-16)18-23-22-12(2)27-18/h5-8,11H,3-4,9-10H2,1-2H3,(H,20,21,25)/t11-/m1/s1. The Morgan fingerprint density at radius 1 is 1.33 bits per heavy atom. The van der Waals surface area contributed by atoms with Crippen LogP contribution in [0.25, 0.3) is 21.5 Å². The molecule has 1 fully saturated rings. The Kier molecular flexibility index (Phi) is 5.06. The van der Waals surface area contributed by atoms with E-state index in [-0.39, 0.29) is 11.9 Å². The molecule has 27 heavy (non-hydrogen) atoms. The highest BCUT2D eigenvalue weighted by Gasteiger charge is 2.21. The van der Waals surface area contributed by atoms with Crippen LogP contribution in [0.15, 0.2) is 24.5 Å². The number of nitrogens with zero attached hydrogens (tertiary/aromatic N) is 5. The Morgan fingerprint density at radius 2 is 2.22 bits per heavy atom. The first-order chi connectivity index (χ1) is 13.1. The molecule has 0 aromatic carbocycles.